The van der Waals surface area contributed by atoms with Crippen LogP contribution in [0.3, 0.4) is 0 Å². The third kappa shape index (κ3) is 5.90. The zero-order valence-corrected chi connectivity index (χ0v) is 29.8. The van der Waals surface area contributed by atoms with Gasteiger partial charge in [0.1, 0.15) is 29.5 Å². The van der Waals surface area contributed by atoms with Crippen LogP contribution in [-0.2, 0) is 31.3 Å². The maximum atomic E-state index is 14.9. The Labute approximate surface area is 296 Å². The van der Waals surface area contributed by atoms with Gasteiger partial charge in [-0.1, -0.05) is 13.8 Å². The number of anilines is 3. The van der Waals surface area contributed by atoms with Crippen molar-refractivity contribution in [1.82, 2.24) is 28.4 Å². The van der Waals surface area contributed by atoms with Crippen molar-refractivity contribution in [1.29, 1.82) is 0 Å². The van der Waals surface area contributed by atoms with Crippen molar-refractivity contribution in [3.05, 3.63) is 98.8 Å². The Morgan fingerprint density at radius 3 is 2.56 bits per heavy atom. The average Bonchev–Trinajstić information content (AvgIpc) is 3.55. The first kappa shape index (κ1) is 34.0. The number of hydrogen-bond acceptors (Lipinski definition) is 8. The van der Waals surface area contributed by atoms with Gasteiger partial charge in [-0.15, -0.1) is 0 Å². The zero-order valence-electron chi connectivity index (χ0n) is 28.8. The Hall–Kier alpha value is -4.46. The lowest BCUT2D eigenvalue weighted by Crippen LogP contribution is -2.59. The highest BCUT2D eigenvalue weighted by atomic mass is 32.1. The van der Waals surface area contributed by atoms with Gasteiger partial charge >= 0.3 is 0 Å². The Balaban J connectivity index is 0.00000392. The standard InChI is InChI=1S/C37H41FN8O3.H2S/c1-23-19-43(27-21-49-22-27)9-10-44(23)26-5-6-33(40-18-26)41-30-13-25(20-42(4)35(30)47)28-7-8-39-34(29(28)17-38)46-12-11-45-31(36(46)48)14-24-15-37(2,3)16-32(24)45;/h5-8,11-14,18,20,23,27H,9-10,15-17,19,21-22H2,1-4H3,(H,40,41);1H2/t23-;/m0./s1. The Morgan fingerprint density at radius 1 is 1.04 bits per heavy atom. The number of aromatic nitrogens is 5. The van der Waals surface area contributed by atoms with Gasteiger partial charge in [0.25, 0.3) is 11.1 Å². The van der Waals surface area contributed by atoms with E-state index in [9.17, 15) is 14.0 Å². The van der Waals surface area contributed by atoms with Crippen LogP contribution in [0.1, 0.15) is 37.6 Å². The highest BCUT2D eigenvalue weighted by molar-refractivity contribution is 7.59. The van der Waals surface area contributed by atoms with Crippen molar-refractivity contribution in [3.63, 3.8) is 0 Å². The van der Waals surface area contributed by atoms with Crippen molar-refractivity contribution >= 4 is 36.2 Å². The third-order valence-electron chi connectivity index (χ3n) is 10.4. The fourth-order valence-corrected chi connectivity index (χ4v) is 7.77. The summed E-state index contributed by atoms with van der Waals surface area (Å²) in [4.78, 5) is 41.0. The molecule has 5 aromatic heterocycles. The first-order chi connectivity index (χ1) is 23.6. The molecule has 262 valence electrons. The molecule has 0 amide bonds. The van der Waals surface area contributed by atoms with Gasteiger partial charge in [-0.2, -0.15) is 13.5 Å². The lowest BCUT2D eigenvalue weighted by molar-refractivity contribution is -0.0691. The van der Waals surface area contributed by atoms with Gasteiger partial charge in [0.05, 0.1) is 31.1 Å². The summed E-state index contributed by atoms with van der Waals surface area (Å²) in [6.45, 7) is 10.3. The zero-order chi connectivity index (χ0) is 34.0. The summed E-state index contributed by atoms with van der Waals surface area (Å²) in [7, 11) is 1.66. The lowest BCUT2D eigenvalue weighted by Gasteiger charge is -2.46. The molecule has 8 rings (SSSR count). The second-order valence-electron chi connectivity index (χ2n) is 14.5. The number of nitrogens with zero attached hydrogens (tertiary/aromatic N) is 7. The fourth-order valence-electron chi connectivity index (χ4n) is 7.77. The monoisotopic (exact) mass is 698 g/mol. The van der Waals surface area contributed by atoms with Crippen molar-refractivity contribution in [2.45, 2.75) is 52.4 Å². The molecule has 50 heavy (non-hydrogen) atoms. The molecule has 1 aliphatic carbocycles. The van der Waals surface area contributed by atoms with E-state index in [-0.39, 0.29) is 41.4 Å². The van der Waals surface area contributed by atoms with E-state index in [1.807, 2.05) is 35.0 Å². The average molecular weight is 699 g/mol. The Morgan fingerprint density at radius 2 is 1.86 bits per heavy atom. The summed E-state index contributed by atoms with van der Waals surface area (Å²) < 4.78 is 25.2. The molecular formula is C37H43FN8O3S. The fraction of sp³-hybridized carbons (Fsp3) is 0.405. The minimum atomic E-state index is -0.850. The predicted molar refractivity (Wildman–Crippen MR) is 198 cm³/mol. The molecule has 0 spiro atoms. The minimum Gasteiger partial charge on any atom is -0.378 e. The third-order valence-corrected chi connectivity index (χ3v) is 10.4. The topological polar surface area (TPSA) is 102 Å². The van der Waals surface area contributed by atoms with Crippen LogP contribution in [0.15, 0.2) is 70.9 Å². The molecule has 11 nitrogen and oxygen atoms in total. The molecule has 5 aromatic rings. The minimum absolute atomic E-state index is 0. The molecule has 2 aliphatic heterocycles. The highest BCUT2D eigenvalue weighted by Gasteiger charge is 2.33. The molecule has 0 aromatic carbocycles. The number of fused-ring (bicyclic) bond motifs is 3. The second kappa shape index (κ2) is 13.0. The van der Waals surface area contributed by atoms with Gasteiger partial charge < -0.3 is 23.9 Å². The van der Waals surface area contributed by atoms with Crippen LogP contribution in [-0.4, -0.2) is 73.3 Å². The van der Waals surface area contributed by atoms with Crippen LogP contribution in [0.4, 0.5) is 21.6 Å². The van der Waals surface area contributed by atoms with Crippen LogP contribution in [0.5, 0.6) is 0 Å². The van der Waals surface area contributed by atoms with Crippen molar-refractivity contribution in [3.8, 4) is 16.9 Å². The molecule has 2 fully saturated rings. The summed E-state index contributed by atoms with van der Waals surface area (Å²) >= 11 is 0. The number of alkyl halides is 1. The van der Waals surface area contributed by atoms with Crippen LogP contribution in [0, 0.1) is 5.41 Å². The van der Waals surface area contributed by atoms with Gasteiger partial charge in [0, 0.05) is 74.3 Å². The predicted octanol–water partition coefficient (Wildman–Crippen LogP) is 4.61. The van der Waals surface area contributed by atoms with E-state index in [4.69, 9.17) is 4.74 Å². The number of hydrogen-bond donors (Lipinski definition) is 1. The van der Waals surface area contributed by atoms with Crippen molar-refractivity contribution < 1.29 is 9.13 Å². The van der Waals surface area contributed by atoms with Crippen LogP contribution < -0.4 is 21.3 Å². The maximum Gasteiger partial charge on any atom is 0.280 e. The maximum absolute atomic E-state index is 14.9. The quantitative estimate of drug-likeness (QED) is 0.263. The van der Waals surface area contributed by atoms with Gasteiger partial charge in [0.2, 0.25) is 0 Å². The van der Waals surface area contributed by atoms with Gasteiger partial charge in [0.15, 0.2) is 0 Å². The molecule has 7 heterocycles. The number of pyridine rings is 3. The van der Waals surface area contributed by atoms with E-state index in [1.54, 1.807) is 37.8 Å². The number of piperazine rings is 1. The molecule has 1 N–H and O–H groups in total. The molecular weight excluding hydrogens is 656 g/mol. The molecule has 13 heteroatoms. The normalized spacial score (nSPS) is 18.9. The summed E-state index contributed by atoms with van der Waals surface area (Å²) in [5, 5.41) is 3.19. The second-order valence-corrected chi connectivity index (χ2v) is 14.5. The van der Waals surface area contributed by atoms with E-state index in [2.05, 4.69) is 45.9 Å². The first-order valence-corrected chi connectivity index (χ1v) is 16.9. The molecule has 0 unspecified atom stereocenters. The molecule has 1 atom stereocenters. The summed E-state index contributed by atoms with van der Waals surface area (Å²) in [5.41, 5.74) is 5.28. The van der Waals surface area contributed by atoms with Crippen LogP contribution >= 0.6 is 13.5 Å². The lowest BCUT2D eigenvalue weighted by atomic mass is 9.90. The Bertz CT molecular complexity index is 2190. The number of aryl methyl sites for hydroxylation is 1. The number of halogens is 1. The number of nitrogens with one attached hydrogen (secondary N) is 1. The molecule has 3 aliphatic rings. The van der Waals surface area contributed by atoms with E-state index in [0.717, 1.165) is 57.1 Å². The van der Waals surface area contributed by atoms with Gasteiger partial charge in [-0.25, -0.2) is 14.4 Å². The molecule has 2 saturated heterocycles. The summed E-state index contributed by atoms with van der Waals surface area (Å²) in [6, 6.07) is 10.1. The highest BCUT2D eigenvalue weighted by Crippen LogP contribution is 2.37. The SMILES string of the molecule is C[C@H]1CN(C2COC2)CCN1c1ccc(Nc2cc(-c3ccnc(-n4ccn5c6c(cc5c4=O)CC(C)(C)C6)c3CF)cn(C)c2=O)nc1.S. The Kier molecular flexibility index (Phi) is 8.85. The van der Waals surface area contributed by atoms with E-state index >= 15 is 0 Å². The number of ether oxygens (including phenoxy) is 1. The van der Waals surface area contributed by atoms with Gasteiger partial charge in [-0.3, -0.25) is 19.1 Å². The smallest absolute Gasteiger partial charge is 0.280 e. The van der Waals surface area contributed by atoms with Gasteiger partial charge in [-0.05, 0) is 66.6 Å². The first-order valence-electron chi connectivity index (χ1n) is 16.9. The van der Waals surface area contributed by atoms with Crippen LogP contribution in [0.25, 0.3) is 22.5 Å². The van der Waals surface area contributed by atoms with E-state index in [1.165, 1.54) is 14.7 Å². The van der Waals surface area contributed by atoms with E-state index < -0.39 is 6.67 Å². The van der Waals surface area contributed by atoms with E-state index in [0.29, 0.717) is 40.2 Å². The largest absolute Gasteiger partial charge is 0.378 e. The molecule has 0 saturated carbocycles. The van der Waals surface area contributed by atoms with Crippen molar-refractivity contribution in [2.24, 2.45) is 12.5 Å². The summed E-state index contributed by atoms with van der Waals surface area (Å²) in [6.07, 6.45) is 10.4. The van der Waals surface area contributed by atoms with Crippen molar-refractivity contribution in [2.75, 3.05) is 43.1 Å². The number of rotatable bonds is 7. The molecule has 0 radical (unpaired) electrons. The van der Waals surface area contributed by atoms with Crippen LogP contribution in [0.2, 0.25) is 0 Å². The molecule has 0 bridgehead atoms. The summed E-state index contributed by atoms with van der Waals surface area (Å²) in [5.74, 6) is 0.755.